The monoisotopic (exact) mass is 252 g/mol. The SMILES string of the molecule is CNC(c1ccc(Cl)cn1)c1ccc(C)s1. The highest BCUT2D eigenvalue weighted by Gasteiger charge is 2.14. The maximum absolute atomic E-state index is 5.83. The number of halogens is 1. The van der Waals surface area contributed by atoms with Crippen molar-refractivity contribution in [2.75, 3.05) is 7.05 Å². The lowest BCUT2D eigenvalue weighted by molar-refractivity contribution is 0.682. The Labute approximate surface area is 104 Å². The van der Waals surface area contributed by atoms with Crippen LogP contribution < -0.4 is 5.32 Å². The number of thiophene rings is 1. The minimum absolute atomic E-state index is 0.149. The van der Waals surface area contributed by atoms with Crippen LogP contribution in [0.4, 0.5) is 0 Å². The minimum atomic E-state index is 0.149. The van der Waals surface area contributed by atoms with Gasteiger partial charge >= 0.3 is 0 Å². The van der Waals surface area contributed by atoms with Gasteiger partial charge in [-0.1, -0.05) is 11.6 Å². The Morgan fingerprint density at radius 2 is 2.12 bits per heavy atom. The van der Waals surface area contributed by atoms with Gasteiger partial charge < -0.3 is 5.32 Å². The molecule has 2 heterocycles. The molecule has 0 fully saturated rings. The summed E-state index contributed by atoms with van der Waals surface area (Å²) in [6.07, 6.45) is 1.68. The van der Waals surface area contributed by atoms with Gasteiger partial charge in [-0.15, -0.1) is 11.3 Å². The van der Waals surface area contributed by atoms with Crippen molar-refractivity contribution in [3.8, 4) is 0 Å². The molecule has 4 heteroatoms. The minimum Gasteiger partial charge on any atom is -0.307 e. The van der Waals surface area contributed by atoms with Gasteiger partial charge in [-0.05, 0) is 38.2 Å². The summed E-state index contributed by atoms with van der Waals surface area (Å²) in [7, 11) is 1.94. The zero-order valence-corrected chi connectivity index (χ0v) is 10.8. The molecule has 1 atom stereocenters. The highest BCUT2D eigenvalue weighted by Crippen LogP contribution is 2.27. The fourth-order valence-electron chi connectivity index (χ4n) is 1.60. The van der Waals surface area contributed by atoms with E-state index in [4.69, 9.17) is 11.6 Å². The summed E-state index contributed by atoms with van der Waals surface area (Å²) in [6.45, 7) is 2.11. The smallest absolute Gasteiger partial charge is 0.0842 e. The molecule has 2 aromatic heterocycles. The molecule has 0 saturated carbocycles. The Morgan fingerprint density at radius 1 is 1.31 bits per heavy atom. The summed E-state index contributed by atoms with van der Waals surface area (Å²) in [5, 5.41) is 3.94. The van der Waals surface area contributed by atoms with Gasteiger partial charge in [-0.2, -0.15) is 0 Å². The normalized spacial score (nSPS) is 12.7. The number of nitrogens with zero attached hydrogens (tertiary/aromatic N) is 1. The van der Waals surface area contributed by atoms with Crippen LogP contribution in [0, 0.1) is 6.92 Å². The van der Waals surface area contributed by atoms with Crippen LogP contribution in [0.25, 0.3) is 0 Å². The van der Waals surface area contributed by atoms with Crippen LogP contribution in [0.15, 0.2) is 30.5 Å². The molecule has 0 aliphatic carbocycles. The van der Waals surface area contributed by atoms with Gasteiger partial charge in [0.05, 0.1) is 16.8 Å². The van der Waals surface area contributed by atoms with Crippen molar-refractivity contribution in [1.29, 1.82) is 0 Å². The third-order valence-corrected chi connectivity index (χ3v) is 3.67. The van der Waals surface area contributed by atoms with E-state index in [0.29, 0.717) is 5.02 Å². The van der Waals surface area contributed by atoms with E-state index in [0.717, 1.165) is 5.69 Å². The van der Waals surface area contributed by atoms with Crippen molar-refractivity contribution in [2.45, 2.75) is 13.0 Å². The van der Waals surface area contributed by atoms with E-state index in [9.17, 15) is 0 Å². The first-order valence-electron chi connectivity index (χ1n) is 5.06. The largest absolute Gasteiger partial charge is 0.307 e. The van der Waals surface area contributed by atoms with Crippen molar-refractivity contribution < 1.29 is 0 Å². The number of nitrogens with one attached hydrogen (secondary N) is 1. The van der Waals surface area contributed by atoms with E-state index in [1.165, 1.54) is 9.75 Å². The molecule has 2 rings (SSSR count). The molecule has 0 aliphatic heterocycles. The van der Waals surface area contributed by atoms with E-state index >= 15 is 0 Å². The molecule has 2 nitrogen and oxygen atoms in total. The Bertz CT molecular complexity index is 464. The Kier molecular flexibility index (Phi) is 3.59. The van der Waals surface area contributed by atoms with Crippen LogP contribution in [-0.2, 0) is 0 Å². The van der Waals surface area contributed by atoms with Crippen LogP contribution >= 0.6 is 22.9 Å². The number of hydrogen-bond donors (Lipinski definition) is 1. The molecule has 0 saturated heterocycles. The van der Waals surface area contributed by atoms with Crippen molar-refractivity contribution in [3.05, 3.63) is 50.9 Å². The maximum atomic E-state index is 5.83. The molecule has 16 heavy (non-hydrogen) atoms. The third-order valence-electron chi connectivity index (χ3n) is 2.38. The molecule has 2 aromatic rings. The standard InChI is InChI=1S/C12H13ClN2S/c1-8-3-6-11(16-8)12(14-2)10-5-4-9(13)7-15-10/h3-7,12,14H,1-2H3. The van der Waals surface area contributed by atoms with Gasteiger partial charge in [-0.3, -0.25) is 4.98 Å². The topological polar surface area (TPSA) is 24.9 Å². The molecule has 0 aliphatic rings. The van der Waals surface area contributed by atoms with E-state index in [1.54, 1.807) is 17.5 Å². The van der Waals surface area contributed by atoms with Crippen LogP contribution in [0.5, 0.6) is 0 Å². The van der Waals surface area contributed by atoms with Crippen LogP contribution in [0.1, 0.15) is 21.5 Å². The fraction of sp³-hybridized carbons (Fsp3) is 0.250. The average molecular weight is 253 g/mol. The first-order chi connectivity index (χ1) is 7.70. The first-order valence-corrected chi connectivity index (χ1v) is 6.25. The molecule has 0 aromatic carbocycles. The number of hydrogen-bond acceptors (Lipinski definition) is 3. The molecule has 0 amide bonds. The lowest BCUT2D eigenvalue weighted by Crippen LogP contribution is -2.17. The second kappa shape index (κ2) is 4.95. The third kappa shape index (κ3) is 2.43. The van der Waals surface area contributed by atoms with Crippen molar-refractivity contribution in [1.82, 2.24) is 10.3 Å². The molecule has 1 N–H and O–H groups in total. The summed E-state index contributed by atoms with van der Waals surface area (Å²) in [4.78, 5) is 6.93. The van der Waals surface area contributed by atoms with Gasteiger partial charge in [0.2, 0.25) is 0 Å². The van der Waals surface area contributed by atoms with E-state index in [2.05, 4.69) is 29.4 Å². The number of pyridine rings is 1. The lowest BCUT2D eigenvalue weighted by Gasteiger charge is -2.13. The zero-order chi connectivity index (χ0) is 11.5. The van der Waals surface area contributed by atoms with Gasteiger partial charge in [0.25, 0.3) is 0 Å². The first kappa shape index (κ1) is 11.6. The van der Waals surface area contributed by atoms with Gasteiger partial charge in [0, 0.05) is 16.0 Å². The van der Waals surface area contributed by atoms with Gasteiger partial charge in [0.15, 0.2) is 0 Å². The molecule has 0 bridgehead atoms. The van der Waals surface area contributed by atoms with Gasteiger partial charge in [0.1, 0.15) is 0 Å². The molecule has 0 spiro atoms. The summed E-state index contributed by atoms with van der Waals surface area (Å²) < 4.78 is 0. The van der Waals surface area contributed by atoms with Gasteiger partial charge in [-0.25, -0.2) is 0 Å². The quantitative estimate of drug-likeness (QED) is 0.906. The van der Waals surface area contributed by atoms with E-state index in [1.807, 2.05) is 19.2 Å². The Hall–Kier alpha value is -0.900. The number of aromatic nitrogens is 1. The maximum Gasteiger partial charge on any atom is 0.0842 e. The molecule has 1 unspecified atom stereocenters. The lowest BCUT2D eigenvalue weighted by atomic mass is 10.1. The van der Waals surface area contributed by atoms with E-state index in [-0.39, 0.29) is 6.04 Å². The van der Waals surface area contributed by atoms with Crippen LogP contribution in [-0.4, -0.2) is 12.0 Å². The summed E-state index contributed by atoms with van der Waals surface area (Å²) >= 11 is 7.61. The Balaban J connectivity index is 2.32. The molecule has 84 valence electrons. The Morgan fingerprint density at radius 3 is 2.62 bits per heavy atom. The predicted molar refractivity (Wildman–Crippen MR) is 69.2 cm³/mol. The average Bonchev–Trinajstić information content (AvgIpc) is 2.69. The van der Waals surface area contributed by atoms with Crippen LogP contribution in [0.3, 0.4) is 0 Å². The van der Waals surface area contributed by atoms with Crippen molar-refractivity contribution in [2.24, 2.45) is 0 Å². The predicted octanol–water partition coefficient (Wildman–Crippen LogP) is 3.41. The highest BCUT2D eigenvalue weighted by molar-refractivity contribution is 7.12. The van der Waals surface area contributed by atoms with E-state index < -0.39 is 0 Å². The fourth-order valence-corrected chi connectivity index (χ4v) is 2.71. The summed E-state index contributed by atoms with van der Waals surface area (Å²) in [6, 6.07) is 8.24. The number of rotatable bonds is 3. The molecule has 0 radical (unpaired) electrons. The summed E-state index contributed by atoms with van der Waals surface area (Å²) in [5.74, 6) is 0. The van der Waals surface area contributed by atoms with Crippen molar-refractivity contribution in [3.63, 3.8) is 0 Å². The highest BCUT2D eigenvalue weighted by atomic mass is 35.5. The molecular formula is C12H13ClN2S. The summed E-state index contributed by atoms with van der Waals surface area (Å²) in [5.41, 5.74) is 0.994. The second-order valence-corrected chi connectivity index (χ2v) is 5.33. The zero-order valence-electron chi connectivity index (χ0n) is 9.20. The number of aryl methyl sites for hydroxylation is 1. The molecular weight excluding hydrogens is 240 g/mol. The second-order valence-electron chi connectivity index (χ2n) is 3.57. The van der Waals surface area contributed by atoms with Crippen molar-refractivity contribution >= 4 is 22.9 Å². The van der Waals surface area contributed by atoms with Crippen LogP contribution in [0.2, 0.25) is 5.02 Å².